The number of hydrogen-bond donors (Lipinski definition) is 0. The Hall–Kier alpha value is -0.383. The van der Waals surface area contributed by atoms with Crippen molar-refractivity contribution in [3.05, 3.63) is 59.2 Å². The molecule has 2 aromatic carbocycles. The summed E-state index contributed by atoms with van der Waals surface area (Å²) >= 11 is 1.60. The van der Waals surface area contributed by atoms with Crippen molar-refractivity contribution >= 4 is 32.3 Å². The van der Waals surface area contributed by atoms with Gasteiger partial charge in [0, 0.05) is 0 Å². The smallest absolute Gasteiger partial charge is 1.00 e. The number of fused-ring (bicyclic) bond motifs is 5. The molecule has 0 spiro atoms. The molecule has 6 heteroatoms. The average Bonchev–Trinajstić information content (AvgIpc) is 3.01. The minimum atomic E-state index is -1.75. The molecule has 1 nitrogen and oxygen atoms in total. The second kappa shape index (κ2) is 8.19. The average molecular weight is 550 g/mol. The summed E-state index contributed by atoms with van der Waals surface area (Å²) in [6.07, 6.45) is 7.89. The van der Waals surface area contributed by atoms with Gasteiger partial charge in [-0.2, -0.15) is 0 Å². The van der Waals surface area contributed by atoms with E-state index in [0.717, 1.165) is 6.42 Å². The number of halogens is 2. The number of hydrogen-bond acceptors (Lipinski definition) is 1. The van der Waals surface area contributed by atoms with E-state index in [0.29, 0.717) is 3.63 Å². The van der Waals surface area contributed by atoms with Crippen LogP contribution in [0.1, 0.15) is 33.7 Å². The molecule has 1 aliphatic heterocycles. The van der Waals surface area contributed by atoms with Gasteiger partial charge in [0.2, 0.25) is 0 Å². The summed E-state index contributed by atoms with van der Waals surface area (Å²) < 4.78 is 7.52. The van der Waals surface area contributed by atoms with Gasteiger partial charge < -0.3 is 24.8 Å². The summed E-state index contributed by atoms with van der Waals surface area (Å²) in [6.45, 7) is 12.0. The maximum Gasteiger partial charge on any atom is -1.00 e. The van der Waals surface area contributed by atoms with Crippen molar-refractivity contribution in [3.8, 4) is 16.9 Å². The topological polar surface area (TPSA) is 9.23 Å². The van der Waals surface area contributed by atoms with Crippen LogP contribution in [0, 0.1) is 0 Å². The van der Waals surface area contributed by atoms with Gasteiger partial charge in [-0.15, -0.1) is 0 Å². The van der Waals surface area contributed by atoms with Gasteiger partial charge in [0.05, 0.1) is 0 Å². The normalized spacial score (nSPS) is 22.4. The van der Waals surface area contributed by atoms with Gasteiger partial charge in [0.1, 0.15) is 0 Å². The fourth-order valence-corrected chi connectivity index (χ4v) is 11.7. The van der Waals surface area contributed by atoms with Crippen LogP contribution >= 0.6 is 0 Å². The van der Waals surface area contributed by atoms with Gasteiger partial charge in [0.25, 0.3) is 0 Å². The molecule has 0 saturated heterocycles. The minimum Gasteiger partial charge on any atom is -1.00 e. The predicted octanol–water partition coefficient (Wildman–Crippen LogP) is -0.606. The summed E-state index contributed by atoms with van der Waals surface area (Å²) in [6, 6.07) is 10.4. The molecule has 30 heavy (non-hydrogen) atoms. The SMILES string of the molecule is CC[Si]1(C)c2c(C3=CC=CC3)c(O[Si](C)(C)C)c3c(c21)[CH]([Zr+2])c1ccccc1-3.[Cl-].[Cl-]. The maximum atomic E-state index is 6.95. The fraction of sp³-hybridized carbons (Fsp3) is 0.333. The van der Waals surface area contributed by atoms with Crippen LogP contribution in [0.25, 0.3) is 16.7 Å². The fourth-order valence-electron chi connectivity index (χ4n) is 5.12. The van der Waals surface area contributed by atoms with E-state index in [1.165, 1.54) is 39.6 Å². The van der Waals surface area contributed by atoms with Crippen molar-refractivity contribution in [1.82, 2.24) is 0 Å². The Kier molecular flexibility index (Phi) is 6.63. The summed E-state index contributed by atoms with van der Waals surface area (Å²) in [4.78, 5) is 0. The second-order valence-electron chi connectivity index (χ2n) is 9.49. The Bertz CT molecular complexity index is 1090. The van der Waals surface area contributed by atoms with Gasteiger partial charge in [-0.1, -0.05) is 0 Å². The van der Waals surface area contributed by atoms with E-state index in [1.54, 1.807) is 40.7 Å². The maximum absolute atomic E-state index is 6.95. The quantitative estimate of drug-likeness (QED) is 0.463. The van der Waals surface area contributed by atoms with E-state index in [1.807, 2.05) is 0 Å². The molecule has 155 valence electrons. The molecule has 0 amide bonds. The van der Waals surface area contributed by atoms with E-state index in [4.69, 9.17) is 4.43 Å². The van der Waals surface area contributed by atoms with Crippen molar-refractivity contribution in [2.45, 2.75) is 49.2 Å². The molecule has 1 heterocycles. The third-order valence-corrected chi connectivity index (χ3v) is 13.3. The van der Waals surface area contributed by atoms with Crippen LogP contribution in [0.15, 0.2) is 42.5 Å². The monoisotopic (exact) mass is 547 g/mol. The van der Waals surface area contributed by atoms with E-state index >= 15 is 0 Å². The molecule has 2 atom stereocenters. The molecule has 2 aliphatic carbocycles. The zero-order valence-electron chi connectivity index (χ0n) is 18.2. The minimum absolute atomic E-state index is 0. The summed E-state index contributed by atoms with van der Waals surface area (Å²) in [7, 11) is -3.24. The van der Waals surface area contributed by atoms with E-state index in [-0.39, 0.29) is 24.8 Å². The van der Waals surface area contributed by atoms with Crippen LogP contribution in [-0.4, -0.2) is 16.4 Å². The van der Waals surface area contributed by atoms with E-state index < -0.39 is 16.4 Å². The first-order valence-corrected chi connectivity index (χ1v) is 17.9. The molecule has 2 aromatic rings. The zero-order valence-corrected chi connectivity index (χ0v) is 24.2. The van der Waals surface area contributed by atoms with Gasteiger partial charge >= 0.3 is 187 Å². The van der Waals surface area contributed by atoms with Crippen molar-refractivity contribution in [1.29, 1.82) is 0 Å². The molecule has 0 fully saturated rings. The van der Waals surface area contributed by atoms with Crippen LogP contribution in [0.4, 0.5) is 0 Å². The first kappa shape index (κ1) is 24.3. The number of benzene rings is 2. The molecule has 5 rings (SSSR count). The summed E-state index contributed by atoms with van der Waals surface area (Å²) in [5.41, 5.74) is 9.01. The molecule has 3 aliphatic rings. The largest absolute Gasteiger partial charge is 1.00 e. The predicted molar refractivity (Wildman–Crippen MR) is 121 cm³/mol. The van der Waals surface area contributed by atoms with Crippen molar-refractivity contribution in [3.63, 3.8) is 0 Å². The first-order chi connectivity index (χ1) is 13.3. The van der Waals surface area contributed by atoms with E-state index in [2.05, 4.69) is 75.6 Å². The Balaban J connectivity index is 0.00000128. The van der Waals surface area contributed by atoms with Crippen molar-refractivity contribution in [2.75, 3.05) is 0 Å². The van der Waals surface area contributed by atoms with Crippen LogP contribution in [-0.2, 0) is 24.7 Å². The number of allylic oxidation sites excluding steroid dienone is 4. The Morgan fingerprint density at radius 3 is 2.40 bits per heavy atom. The molecule has 0 aromatic heterocycles. The molecular formula is C24H27Cl2OSi2Zr. The zero-order chi connectivity index (χ0) is 19.8. The van der Waals surface area contributed by atoms with Gasteiger partial charge in [0.15, 0.2) is 0 Å². The third-order valence-electron chi connectivity index (χ3n) is 6.57. The molecule has 0 N–H and O–H groups in total. The van der Waals surface area contributed by atoms with Crippen LogP contribution in [0.3, 0.4) is 0 Å². The van der Waals surface area contributed by atoms with Crippen LogP contribution < -0.4 is 39.6 Å². The Morgan fingerprint density at radius 2 is 1.80 bits per heavy atom. The molecule has 0 saturated carbocycles. The molecule has 2 unspecified atom stereocenters. The van der Waals surface area contributed by atoms with Crippen LogP contribution in [0.5, 0.6) is 5.75 Å². The van der Waals surface area contributed by atoms with Crippen molar-refractivity contribution in [2.24, 2.45) is 0 Å². The van der Waals surface area contributed by atoms with Gasteiger partial charge in [-0.05, 0) is 0 Å². The second-order valence-corrected chi connectivity index (χ2v) is 19.7. The summed E-state index contributed by atoms with van der Waals surface area (Å²) in [5.74, 6) is 1.23. The first-order valence-electron chi connectivity index (χ1n) is 10.4. The Labute approximate surface area is 210 Å². The Morgan fingerprint density at radius 1 is 1.10 bits per heavy atom. The van der Waals surface area contributed by atoms with Gasteiger partial charge in [-0.3, -0.25) is 0 Å². The van der Waals surface area contributed by atoms with Crippen molar-refractivity contribution < 1.29 is 54.0 Å². The molecule has 0 radical (unpaired) electrons. The number of rotatable bonds is 4. The van der Waals surface area contributed by atoms with Crippen LogP contribution in [0.2, 0.25) is 32.2 Å². The van der Waals surface area contributed by atoms with Gasteiger partial charge in [-0.25, -0.2) is 0 Å². The molecular weight excluding hydrogens is 523 g/mol. The summed E-state index contributed by atoms with van der Waals surface area (Å²) in [5, 5.41) is 3.49. The van der Waals surface area contributed by atoms with E-state index in [9.17, 15) is 0 Å². The standard InChI is InChI=1S/C24H27OSi2.2ClH.Zr/c1-6-27(5)23-19-15-17-13-9-10-14-18(17)21(19)22(25-26(2,3)4)20(24(23)27)16-11-7-8-12-16;;;/h7-11,13-15H,6,12H2,1-5H3;2*1H;/q;;;+2/p-2. The molecule has 0 bridgehead atoms. The third kappa shape index (κ3) is 3.42.